The lowest BCUT2D eigenvalue weighted by atomic mass is 9.93. The van der Waals surface area contributed by atoms with E-state index in [2.05, 4.69) is 20.4 Å². The van der Waals surface area contributed by atoms with E-state index >= 15 is 0 Å². The van der Waals surface area contributed by atoms with Crippen LogP contribution < -0.4 is 21.1 Å². The normalized spacial score (nSPS) is 21.2. The molecule has 1 saturated carbocycles. The maximum Gasteiger partial charge on any atom is 0.573 e. The molecule has 0 unspecified atom stereocenters. The first-order valence-electron chi connectivity index (χ1n) is 9.40. The number of alkyl halides is 3. The van der Waals surface area contributed by atoms with Gasteiger partial charge < -0.3 is 26.2 Å². The summed E-state index contributed by atoms with van der Waals surface area (Å²) >= 11 is 0. The van der Waals surface area contributed by atoms with Crippen molar-refractivity contribution in [2.75, 3.05) is 0 Å². The van der Waals surface area contributed by atoms with Gasteiger partial charge in [0.25, 0.3) is 0 Å². The molecule has 1 aliphatic carbocycles. The Labute approximate surface area is 172 Å². The van der Waals surface area contributed by atoms with Crippen LogP contribution in [0.5, 0.6) is 5.75 Å². The van der Waals surface area contributed by atoms with E-state index in [-0.39, 0.29) is 23.7 Å². The van der Waals surface area contributed by atoms with Crippen LogP contribution >= 0.6 is 0 Å². The quantitative estimate of drug-likeness (QED) is 0.221. The summed E-state index contributed by atoms with van der Waals surface area (Å²) in [6.07, 6.45) is 1.52. The number of halogens is 3. The lowest BCUT2D eigenvalue weighted by Crippen LogP contribution is -2.35. The van der Waals surface area contributed by atoms with E-state index in [0.717, 1.165) is 25.0 Å². The molecule has 0 aliphatic heterocycles. The fourth-order valence-electron chi connectivity index (χ4n) is 2.98. The summed E-state index contributed by atoms with van der Waals surface area (Å²) in [5.74, 6) is -0.189. The van der Waals surface area contributed by atoms with Gasteiger partial charge in [-0.05, 0) is 62.9 Å². The van der Waals surface area contributed by atoms with E-state index in [1.165, 1.54) is 18.3 Å². The van der Waals surface area contributed by atoms with Crippen LogP contribution in [0.3, 0.4) is 0 Å². The van der Waals surface area contributed by atoms with Crippen molar-refractivity contribution in [1.82, 2.24) is 10.6 Å². The van der Waals surface area contributed by atoms with Crippen molar-refractivity contribution in [2.24, 2.45) is 10.7 Å². The number of nitrogens with zero attached hydrogens (tertiary/aromatic N) is 1. The molecule has 0 heterocycles. The molecule has 0 bridgehead atoms. The molecule has 1 aliphatic rings. The largest absolute Gasteiger partial charge is 0.573 e. The highest BCUT2D eigenvalue weighted by Gasteiger charge is 2.31. The Morgan fingerprint density at radius 2 is 1.87 bits per heavy atom. The molecule has 0 aromatic heterocycles. The molecule has 1 aromatic rings. The van der Waals surface area contributed by atoms with Crippen LogP contribution in [0, 0.1) is 0 Å². The van der Waals surface area contributed by atoms with E-state index in [4.69, 9.17) is 5.73 Å². The van der Waals surface area contributed by atoms with Crippen molar-refractivity contribution < 1.29 is 27.8 Å². The number of aliphatic hydroxyl groups excluding tert-OH is 1. The summed E-state index contributed by atoms with van der Waals surface area (Å²) in [7, 11) is 0. The molecular formula is C20H25F3N4O3. The Bertz CT molecular complexity index is 797. The van der Waals surface area contributed by atoms with Crippen LogP contribution in [0.2, 0.25) is 0 Å². The average Bonchev–Trinajstić information content (AvgIpc) is 2.68. The second-order valence-electron chi connectivity index (χ2n) is 6.85. The minimum atomic E-state index is -4.76. The summed E-state index contributed by atoms with van der Waals surface area (Å²) in [5, 5.41) is 15.5. The number of amides is 1. The maximum absolute atomic E-state index is 12.3. The van der Waals surface area contributed by atoms with Gasteiger partial charge in [-0.25, -0.2) is 4.99 Å². The van der Waals surface area contributed by atoms with Crippen molar-refractivity contribution in [2.45, 2.75) is 51.1 Å². The van der Waals surface area contributed by atoms with Gasteiger partial charge in [-0.1, -0.05) is 0 Å². The smallest absolute Gasteiger partial charge is 0.406 e. The SMILES string of the molecule is C/C(C(N)=Nc1ccc(OC(F)(F)F)cc1)=C(\C=C/NC=O)NC1CCC(O)CC1. The third-order valence-corrected chi connectivity index (χ3v) is 4.58. The number of benzene rings is 1. The number of allylic oxidation sites excluding steroid dienone is 1. The summed E-state index contributed by atoms with van der Waals surface area (Å²) in [6.45, 7) is 1.74. The van der Waals surface area contributed by atoms with Gasteiger partial charge in [0.15, 0.2) is 0 Å². The molecule has 7 nitrogen and oxygen atoms in total. The second-order valence-corrected chi connectivity index (χ2v) is 6.85. The third-order valence-electron chi connectivity index (χ3n) is 4.58. The highest BCUT2D eigenvalue weighted by atomic mass is 19.4. The highest BCUT2D eigenvalue weighted by molar-refractivity contribution is 5.99. The van der Waals surface area contributed by atoms with Gasteiger partial charge in [-0.15, -0.1) is 13.2 Å². The minimum absolute atomic E-state index is 0.130. The first kappa shape index (κ1) is 23.3. The zero-order valence-corrected chi connectivity index (χ0v) is 16.4. The molecule has 0 saturated heterocycles. The Kier molecular flexibility index (Phi) is 8.28. The Morgan fingerprint density at radius 1 is 1.23 bits per heavy atom. The van der Waals surface area contributed by atoms with Crippen molar-refractivity contribution >= 4 is 17.9 Å². The fraction of sp³-hybridized carbons (Fsp3) is 0.400. The van der Waals surface area contributed by atoms with Crippen molar-refractivity contribution in [1.29, 1.82) is 0 Å². The highest BCUT2D eigenvalue weighted by Crippen LogP contribution is 2.25. The number of carbonyl (C=O) groups excluding carboxylic acids is 1. The molecule has 5 N–H and O–H groups in total. The molecule has 30 heavy (non-hydrogen) atoms. The molecule has 164 valence electrons. The topological polar surface area (TPSA) is 109 Å². The lowest BCUT2D eigenvalue weighted by Gasteiger charge is -2.28. The van der Waals surface area contributed by atoms with Crippen LogP contribution in [0.25, 0.3) is 0 Å². The predicted molar refractivity (Wildman–Crippen MR) is 107 cm³/mol. The van der Waals surface area contributed by atoms with Gasteiger partial charge >= 0.3 is 6.36 Å². The van der Waals surface area contributed by atoms with E-state index in [9.17, 15) is 23.1 Å². The number of nitrogens with one attached hydrogen (secondary N) is 2. The molecule has 0 radical (unpaired) electrons. The van der Waals surface area contributed by atoms with Crippen LogP contribution in [0.1, 0.15) is 32.6 Å². The predicted octanol–water partition coefficient (Wildman–Crippen LogP) is 3.00. The molecule has 0 atom stereocenters. The zero-order valence-electron chi connectivity index (χ0n) is 16.4. The molecule has 0 spiro atoms. The second kappa shape index (κ2) is 10.7. The molecule has 2 rings (SSSR count). The molecular weight excluding hydrogens is 401 g/mol. The Hall–Kier alpha value is -3.01. The molecule has 10 heteroatoms. The van der Waals surface area contributed by atoms with Crippen LogP contribution in [-0.4, -0.2) is 35.9 Å². The summed E-state index contributed by atoms with van der Waals surface area (Å²) in [5.41, 5.74) is 7.70. The summed E-state index contributed by atoms with van der Waals surface area (Å²) in [6, 6.07) is 5.16. The van der Waals surface area contributed by atoms with Gasteiger partial charge in [0.2, 0.25) is 6.41 Å². The number of hydrogen-bond donors (Lipinski definition) is 4. The van der Waals surface area contributed by atoms with Gasteiger partial charge in [0.1, 0.15) is 11.6 Å². The minimum Gasteiger partial charge on any atom is -0.406 e. The van der Waals surface area contributed by atoms with E-state index in [0.29, 0.717) is 36.2 Å². The number of nitrogens with two attached hydrogens (primary N) is 1. The summed E-state index contributed by atoms with van der Waals surface area (Å²) < 4.78 is 40.6. The number of rotatable bonds is 8. The monoisotopic (exact) mass is 426 g/mol. The van der Waals surface area contributed by atoms with Crippen molar-refractivity contribution in [3.05, 3.63) is 47.8 Å². The number of hydrogen-bond acceptors (Lipinski definition) is 5. The number of aliphatic imine (C=N–C) groups is 1. The fourth-order valence-corrected chi connectivity index (χ4v) is 2.98. The number of carbonyl (C=O) groups is 1. The zero-order chi connectivity index (χ0) is 22.1. The maximum atomic E-state index is 12.3. The van der Waals surface area contributed by atoms with Gasteiger partial charge in [0.05, 0.1) is 11.8 Å². The number of aliphatic hydroxyl groups is 1. The Morgan fingerprint density at radius 3 is 2.43 bits per heavy atom. The molecule has 1 fully saturated rings. The van der Waals surface area contributed by atoms with Crippen LogP contribution in [0.15, 0.2) is 52.8 Å². The average molecular weight is 426 g/mol. The Balaban J connectivity index is 2.19. The first-order chi connectivity index (χ1) is 14.2. The van der Waals surface area contributed by atoms with Gasteiger partial charge in [-0.2, -0.15) is 0 Å². The standard InChI is InChI=1S/C20H25F3N4O3/c1-13(18(10-11-25-12-28)26-14-2-6-16(29)7-3-14)19(24)27-15-4-8-17(9-5-15)30-20(21,22)23/h4-5,8-12,14,16,26,29H,2-3,6-7H2,1H3,(H2,24,27)(H,25,28)/b11-10-,18-13-. The summed E-state index contributed by atoms with van der Waals surface area (Å²) in [4.78, 5) is 14.8. The van der Waals surface area contributed by atoms with Crippen LogP contribution in [-0.2, 0) is 4.79 Å². The first-order valence-corrected chi connectivity index (χ1v) is 9.40. The molecule has 1 aromatic carbocycles. The van der Waals surface area contributed by atoms with E-state index in [1.807, 2.05) is 0 Å². The van der Waals surface area contributed by atoms with Crippen molar-refractivity contribution in [3.63, 3.8) is 0 Å². The number of amidine groups is 1. The van der Waals surface area contributed by atoms with Crippen LogP contribution in [0.4, 0.5) is 18.9 Å². The van der Waals surface area contributed by atoms with Gasteiger partial charge in [0, 0.05) is 23.5 Å². The third kappa shape index (κ3) is 7.78. The van der Waals surface area contributed by atoms with Crippen molar-refractivity contribution in [3.8, 4) is 5.75 Å². The number of ether oxygens (including phenoxy) is 1. The van der Waals surface area contributed by atoms with E-state index < -0.39 is 6.36 Å². The lowest BCUT2D eigenvalue weighted by molar-refractivity contribution is -0.274. The molecule has 1 amide bonds. The van der Waals surface area contributed by atoms with Gasteiger partial charge in [-0.3, -0.25) is 4.79 Å². The van der Waals surface area contributed by atoms with E-state index in [1.54, 1.807) is 13.0 Å².